The van der Waals surface area contributed by atoms with Gasteiger partial charge in [0.15, 0.2) is 5.58 Å². The molecule has 142 valence electrons. The predicted octanol–water partition coefficient (Wildman–Crippen LogP) is 4.01. The van der Waals surface area contributed by atoms with Gasteiger partial charge in [0, 0.05) is 12.3 Å². The highest BCUT2D eigenvalue weighted by Crippen LogP contribution is 2.21. The van der Waals surface area contributed by atoms with Crippen molar-refractivity contribution in [2.45, 2.75) is 39.0 Å². The second-order valence-electron chi connectivity index (χ2n) is 7.10. The summed E-state index contributed by atoms with van der Waals surface area (Å²) in [6, 6.07) is 10.9. The van der Waals surface area contributed by atoms with Gasteiger partial charge in [0.2, 0.25) is 5.89 Å². The second-order valence-corrected chi connectivity index (χ2v) is 7.10. The third-order valence-electron chi connectivity index (χ3n) is 3.59. The average molecular weight is 369 g/mol. The number of carbonyl (C=O) groups excluding carboxylic acids is 1. The van der Waals surface area contributed by atoms with Gasteiger partial charge in [-0.1, -0.05) is 30.3 Å². The molecule has 7 heteroatoms. The maximum Gasteiger partial charge on any atom is 0.408 e. The van der Waals surface area contributed by atoms with Crippen LogP contribution in [0.2, 0.25) is 0 Å². The molecule has 3 aromatic rings. The number of alkyl carbamates (subject to hydrolysis) is 1. The van der Waals surface area contributed by atoms with Crippen LogP contribution in [-0.2, 0) is 16.1 Å². The number of nitrogens with zero attached hydrogens (tertiary/aromatic N) is 2. The largest absolute Gasteiger partial charge is 0.444 e. The zero-order valence-electron chi connectivity index (χ0n) is 15.6. The number of nitrogens with one attached hydrogen (secondary N) is 1. The van der Waals surface area contributed by atoms with Crippen LogP contribution in [0.15, 0.2) is 53.2 Å². The molecule has 0 aliphatic rings. The minimum absolute atomic E-state index is 0.189. The van der Waals surface area contributed by atoms with Crippen LogP contribution in [0.1, 0.15) is 38.3 Å². The number of rotatable bonds is 6. The summed E-state index contributed by atoms with van der Waals surface area (Å²) >= 11 is 0. The molecule has 0 saturated carbocycles. The smallest absolute Gasteiger partial charge is 0.408 e. The number of hydrogen-bond acceptors (Lipinski definition) is 6. The number of carbonyl (C=O) groups is 1. The van der Waals surface area contributed by atoms with E-state index < -0.39 is 17.7 Å². The van der Waals surface area contributed by atoms with Crippen molar-refractivity contribution in [1.82, 2.24) is 15.3 Å². The minimum atomic E-state index is -0.606. The Morgan fingerprint density at radius 2 is 2.00 bits per heavy atom. The van der Waals surface area contributed by atoms with E-state index in [4.69, 9.17) is 13.9 Å². The molecule has 1 amide bonds. The van der Waals surface area contributed by atoms with Crippen LogP contribution in [0.3, 0.4) is 0 Å². The van der Waals surface area contributed by atoms with E-state index in [-0.39, 0.29) is 6.61 Å². The summed E-state index contributed by atoms with van der Waals surface area (Å²) in [5.74, 6) is 0.344. The zero-order valence-corrected chi connectivity index (χ0v) is 15.6. The number of fused-ring (bicyclic) bond motifs is 1. The van der Waals surface area contributed by atoms with Gasteiger partial charge < -0.3 is 19.2 Å². The van der Waals surface area contributed by atoms with Crippen molar-refractivity contribution < 1.29 is 18.7 Å². The summed E-state index contributed by atoms with van der Waals surface area (Å²) in [6.07, 6.45) is 2.67. The van der Waals surface area contributed by atoms with Crippen molar-refractivity contribution in [2.75, 3.05) is 6.61 Å². The van der Waals surface area contributed by atoms with Crippen molar-refractivity contribution in [2.24, 2.45) is 0 Å². The van der Waals surface area contributed by atoms with Crippen molar-refractivity contribution in [1.29, 1.82) is 0 Å². The Morgan fingerprint density at radius 1 is 1.22 bits per heavy atom. The maximum atomic E-state index is 12.2. The fourth-order valence-electron chi connectivity index (χ4n) is 2.44. The third-order valence-corrected chi connectivity index (χ3v) is 3.59. The maximum absolute atomic E-state index is 12.2. The van der Waals surface area contributed by atoms with Gasteiger partial charge in [-0.15, -0.1) is 0 Å². The van der Waals surface area contributed by atoms with Crippen molar-refractivity contribution in [3.63, 3.8) is 0 Å². The first-order chi connectivity index (χ1) is 12.9. The molecule has 0 bridgehead atoms. The van der Waals surface area contributed by atoms with Crippen LogP contribution >= 0.6 is 0 Å². The van der Waals surface area contributed by atoms with Gasteiger partial charge in [-0.05, 0) is 26.3 Å². The second kappa shape index (κ2) is 8.18. The van der Waals surface area contributed by atoms with Gasteiger partial charge in [-0.3, -0.25) is 4.98 Å². The highest BCUT2D eigenvalue weighted by atomic mass is 16.6. The summed E-state index contributed by atoms with van der Waals surface area (Å²) < 4.78 is 16.9. The van der Waals surface area contributed by atoms with Crippen LogP contribution in [0.4, 0.5) is 4.79 Å². The Kier molecular flexibility index (Phi) is 5.71. The van der Waals surface area contributed by atoms with Crippen LogP contribution in [0, 0.1) is 0 Å². The number of aromatic nitrogens is 2. The summed E-state index contributed by atoms with van der Waals surface area (Å²) in [6.45, 7) is 6.01. The van der Waals surface area contributed by atoms with E-state index in [2.05, 4.69) is 15.3 Å². The Labute approximate surface area is 157 Å². The lowest BCUT2D eigenvalue weighted by Gasteiger charge is -2.22. The predicted molar refractivity (Wildman–Crippen MR) is 100 cm³/mol. The molecule has 2 aromatic heterocycles. The molecule has 0 radical (unpaired) electrons. The van der Waals surface area contributed by atoms with E-state index in [9.17, 15) is 4.79 Å². The van der Waals surface area contributed by atoms with Gasteiger partial charge in [-0.2, -0.15) is 0 Å². The van der Waals surface area contributed by atoms with E-state index >= 15 is 0 Å². The van der Waals surface area contributed by atoms with Gasteiger partial charge in [0.1, 0.15) is 17.2 Å². The van der Waals surface area contributed by atoms with E-state index in [1.54, 1.807) is 39.2 Å². The van der Waals surface area contributed by atoms with E-state index in [0.717, 1.165) is 5.56 Å². The van der Waals surface area contributed by atoms with Crippen LogP contribution in [0.5, 0.6) is 0 Å². The number of pyridine rings is 1. The Bertz CT molecular complexity index is 854. The lowest BCUT2D eigenvalue weighted by atomic mass is 10.2. The third kappa shape index (κ3) is 5.52. The quantitative estimate of drug-likeness (QED) is 0.707. The van der Waals surface area contributed by atoms with Crippen LogP contribution in [-0.4, -0.2) is 28.3 Å². The first-order valence-corrected chi connectivity index (χ1v) is 8.72. The number of oxazole rings is 1. The Hall–Kier alpha value is -2.93. The molecule has 1 N–H and O–H groups in total. The molecule has 3 rings (SSSR count). The van der Waals surface area contributed by atoms with Gasteiger partial charge in [0.05, 0.1) is 19.4 Å². The molecule has 27 heavy (non-hydrogen) atoms. The molecule has 0 saturated heterocycles. The van der Waals surface area contributed by atoms with Crippen LogP contribution < -0.4 is 5.32 Å². The fraction of sp³-hybridized carbons (Fsp3) is 0.350. The van der Waals surface area contributed by atoms with Gasteiger partial charge in [0.25, 0.3) is 0 Å². The molecule has 1 aromatic carbocycles. The van der Waals surface area contributed by atoms with Crippen molar-refractivity contribution in [3.8, 4) is 0 Å². The molecule has 1 unspecified atom stereocenters. The summed E-state index contributed by atoms with van der Waals surface area (Å²) in [4.78, 5) is 20.7. The fourth-order valence-corrected chi connectivity index (χ4v) is 2.44. The lowest BCUT2D eigenvalue weighted by Crippen LogP contribution is -2.36. The molecule has 0 aliphatic heterocycles. The average Bonchev–Trinajstić information content (AvgIpc) is 3.04. The van der Waals surface area contributed by atoms with Crippen molar-refractivity contribution >= 4 is 17.2 Å². The number of hydrogen-bond donors (Lipinski definition) is 1. The monoisotopic (exact) mass is 369 g/mol. The minimum Gasteiger partial charge on any atom is -0.444 e. The first kappa shape index (κ1) is 18.8. The molecule has 0 fully saturated rings. The molecular formula is C20H23N3O4. The lowest BCUT2D eigenvalue weighted by molar-refractivity contribution is 0.0406. The highest BCUT2D eigenvalue weighted by Gasteiger charge is 2.24. The topological polar surface area (TPSA) is 86.5 Å². The summed E-state index contributed by atoms with van der Waals surface area (Å²) in [5, 5.41) is 2.77. The van der Waals surface area contributed by atoms with Crippen LogP contribution in [0.25, 0.3) is 11.1 Å². The number of amides is 1. The van der Waals surface area contributed by atoms with E-state index in [1.807, 2.05) is 30.3 Å². The zero-order chi connectivity index (χ0) is 19.3. The molecule has 0 aliphatic carbocycles. The molecule has 0 spiro atoms. The van der Waals surface area contributed by atoms with E-state index in [1.165, 1.54) is 0 Å². The van der Waals surface area contributed by atoms with Crippen molar-refractivity contribution in [3.05, 3.63) is 60.2 Å². The molecule has 7 nitrogen and oxygen atoms in total. The first-order valence-electron chi connectivity index (χ1n) is 8.72. The summed E-state index contributed by atoms with van der Waals surface area (Å²) in [5.41, 5.74) is 1.64. The standard InChI is InChI=1S/C20H23N3O4/c1-20(2,3)27-19(24)23-16(13-25-12-14-7-5-4-6-8-14)18-22-15-11-21-10-9-17(15)26-18/h4-11,16H,12-13H2,1-3H3,(H,23,24). The Balaban J connectivity index is 1.72. The number of ether oxygens (including phenoxy) is 2. The van der Waals surface area contributed by atoms with Gasteiger partial charge >= 0.3 is 6.09 Å². The SMILES string of the molecule is CC(C)(C)OC(=O)NC(COCc1ccccc1)c1nc2cnccc2o1. The normalized spacial score (nSPS) is 12.7. The number of benzene rings is 1. The highest BCUT2D eigenvalue weighted by molar-refractivity contribution is 5.71. The van der Waals surface area contributed by atoms with Gasteiger partial charge in [-0.25, -0.2) is 9.78 Å². The molecule has 2 heterocycles. The van der Waals surface area contributed by atoms with E-state index in [0.29, 0.717) is 23.6 Å². The molecular weight excluding hydrogens is 346 g/mol. The molecule has 1 atom stereocenters. The summed E-state index contributed by atoms with van der Waals surface area (Å²) in [7, 11) is 0. The Morgan fingerprint density at radius 3 is 2.70 bits per heavy atom.